The Morgan fingerprint density at radius 1 is 1.00 bits per heavy atom. The molecule has 6 nitrogen and oxygen atoms in total. The SMILES string of the molecule is CCCN(CCC(=O)OCC)C(=O)CCc1ccc(OC)c(OC)c1. The number of esters is 1. The van der Waals surface area contributed by atoms with Gasteiger partial charge in [-0.05, 0) is 37.5 Å². The standard InChI is InChI=1S/C19H29NO5/c1-5-12-20(13-11-19(22)25-6-2)18(21)10-8-15-7-9-16(23-3)17(14-15)24-4/h7,9,14H,5-6,8,10-13H2,1-4H3. The second-order valence-electron chi connectivity index (χ2n) is 5.63. The van der Waals surface area contributed by atoms with Crippen LogP contribution in [0.5, 0.6) is 11.5 Å². The van der Waals surface area contributed by atoms with Gasteiger partial charge in [0.15, 0.2) is 11.5 Å². The zero-order valence-electron chi connectivity index (χ0n) is 15.7. The Morgan fingerprint density at radius 2 is 1.72 bits per heavy atom. The van der Waals surface area contributed by atoms with Crippen LogP contribution >= 0.6 is 0 Å². The van der Waals surface area contributed by atoms with Gasteiger partial charge in [0.1, 0.15) is 0 Å². The molecule has 0 unspecified atom stereocenters. The number of nitrogens with zero attached hydrogens (tertiary/aromatic N) is 1. The van der Waals surface area contributed by atoms with E-state index in [1.807, 2.05) is 25.1 Å². The molecule has 25 heavy (non-hydrogen) atoms. The van der Waals surface area contributed by atoms with Crippen LogP contribution in [0.25, 0.3) is 0 Å². The van der Waals surface area contributed by atoms with E-state index < -0.39 is 0 Å². The van der Waals surface area contributed by atoms with E-state index in [-0.39, 0.29) is 18.3 Å². The maximum atomic E-state index is 12.5. The number of benzene rings is 1. The first-order valence-electron chi connectivity index (χ1n) is 8.69. The lowest BCUT2D eigenvalue weighted by molar-refractivity contribution is -0.144. The zero-order valence-corrected chi connectivity index (χ0v) is 15.7. The highest BCUT2D eigenvalue weighted by Gasteiger charge is 2.15. The highest BCUT2D eigenvalue weighted by Crippen LogP contribution is 2.28. The first-order chi connectivity index (χ1) is 12.0. The summed E-state index contributed by atoms with van der Waals surface area (Å²) in [5.41, 5.74) is 1.01. The van der Waals surface area contributed by atoms with Crippen molar-refractivity contribution in [3.05, 3.63) is 23.8 Å². The van der Waals surface area contributed by atoms with Gasteiger partial charge in [-0.3, -0.25) is 9.59 Å². The molecule has 0 bridgehead atoms. The summed E-state index contributed by atoms with van der Waals surface area (Å²) in [5.74, 6) is 1.09. The van der Waals surface area contributed by atoms with E-state index in [0.29, 0.717) is 44.0 Å². The lowest BCUT2D eigenvalue weighted by atomic mass is 10.1. The smallest absolute Gasteiger partial charge is 0.307 e. The summed E-state index contributed by atoms with van der Waals surface area (Å²) < 4.78 is 15.4. The molecule has 0 aliphatic carbocycles. The Balaban J connectivity index is 2.60. The highest BCUT2D eigenvalue weighted by molar-refractivity contribution is 5.77. The summed E-state index contributed by atoms with van der Waals surface area (Å²) in [6.07, 6.45) is 2.08. The van der Waals surface area contributed by atoms with Crippen LogP contribution in [0, 0.1) is 0 Å². The molecule has 0 heterocycles. The number of hydrogen-bond donors (Lipinski definition) is 0. The molecular formula is C19H29NO5. The maximum absolute atomic E-state index is 12.5. The van der Waals surface area contributed by atoms with E-state index in [2.05, 4.69) is 0 Å². The normalized spacial score (nSPS) is 10.2. The molecule has 0 atom stereocenters. The van der Waals surface area contributed by atoms with Crippen LogP contribution in [0.2, 0.25) is 0 Å². The minimum atomic E-state index is -0.267. The second kappa shape index (κ2) is 11.3. The summed E-state index contributed by atoms with van der Waals surface area (Å²) in [6.45, 7) is 5.19. The molecule has 1 aromatic carbocycles. The van der Waals surface area contributed by atoms with E-state index in [0.717, 1.165) is 12.0 Å². The molecule has 1 aromatic rings. The highest BCUT2D eigenvalue weighted by atomic mass is 16.5. The number of carbonyl (C=O) groups excluding carboxylic acids is 2. The lowest BCUT2D eigenvalue weighted by Gasteiger charge is -2.22. The monoisotopic (exact) mass is 351 g/mol. The van der Waals surface area contributed by atoms with Crippen molar-refractivity contribution in [3.8, 4) is 11.5 Å². The Hall–Kier alpha value is -2.24. The molecule has 0 spiro atoms. The molecule has 0 aromatic heterocycles. The third-order valence-electron chi connectivity index (χ3n) is 3.81. The molecule has 0 saturated carbocycles. The van der Waals surface area contributed by atoms with Gasteiger partial charge in [0.05, 0.1) is 27.2 Å². The van der Waals surface area contributed by atoms with Crippen molar-refractivity contribution in [2.24, 2.45) is 0 Å². The Bertz CT molecular complexity index is 559. The number of hydrogen-bond acceptors (Lipinski definition) is 5. The van der Waals surface area contributed by atoms with Crippen molar-refractivity contribution in [2.45, 2.75) is 39.5 Å². The molecule has 0 N–H and O–H groups in total. The summed E-state index contributed by atoms with van der Waals surface area (Å²) in [6, 6.07) is 5.65. The number of carbonyl (C=O) groups is 2. The molecule has 0 fully saturated rings. The van der Waals surface area contributed by atoms with Crippen LogP contribution in [-0.4, -0.2) is 50.7 Å². The summed E-state index contributed by atoms with van der Waals surface area (Å²) >= 11 is 0. The Morgan fingerprint density at radius 3 is 2.32 bits per heavy atom. The van der Waals surface area contributed by atoms with Crippen LogP contribution in [0.3, 0.4) is 0 Å². The third kappa shape index (κ3) is 7.03. The van der Waals surface area contributed by atoms with Crippen molar-refractivity contribution in [3.63, 3.8) is 0 Å². The van der Waals surface area contributed by atoms with Gasteiger partial charge in [0.2, 0.25) is 5.91 Å². The predicted octanol–water partition coefficient (Wildman–Crippen LogP) is 2.83. The quantitative estimate of drug-likeness (QED) is 0.574. The number of rotatable bonds is 11. The van der Waals surface area contributed by atoms with Crippen LogP contribution in [0.15, 0.2) is 18.2 Å². The third-order valence-corrected chi connectivity index (χ3v) is 3.81. The molecule has 0 aliphatic rings. The molecule has 0 saturated heterocycles. The Kier molecular flexibility index (Phi) is 9.43. The van der Waals surface area contributed by atoms with E-state index in [4.69, 9.17) is 14.2 Å². The van der Waals surface area contributed by atoms with E-state index in [1.54, 1.807) is 26.0 Å². The molecule has 1 amide bonds. The van der Waals surface area contributed by atoms with Crippen molar-refractivity contribution in [2.75, 3.05) is 33.9 Å². The molecule has 1 rings (SSSR count). The molecule has 0 radical (unpaired) electrons. The summed E-state index contributed by atoms with van der Waals surface area (Å²) in [4.78, 5) is 25.7. The number of methoxy groups -OCH3 is 2. The zero-order chi connectivity index (χ0) is 18.7. The number of ether oxygens (including phenoxy) is 3. The van der Waals surface area contributed by atoms with Crippen LogP contribution in [0.4, 0.5) is 0 Å². The average molecular weight is 351 g/mol. The topological polar surface area (TPSA) is 65.1 Å². The van der Waals surface area contributed by atoms with Gasteiger partial charge in [-0.2, -0.15) is 0 Å². The van der Waals surface area contributed by atoms with Gasteiger partial charge in [0.25, 0.3) is 0 Å². The van der Waals surface area contributed by atoms with Crippen molar-refractivity contribution in [1.29, 1.82) is 0 Å². The predicted molar refractivity (Wildman–Crippen MR) is 96.0 cm³/mol. The van der Waals surface area contributed by atoms with Gasteiger partial charge < -0.3 is 19.1 Å². The van der Waals surface area contributed by atoms with Crippen LogP contribution in [-0.2, 0) is 20.7 Å². The summed E-state index contributed by atoms with van der Waals surface area (Å²) in [7, 11) is 3.18. The van der Waals surface area contributed by atoms with E-state index in [1.165, 1.54) is 0 Å². The summed E-state index contributed by atoms with van der Waals surface area (Å²) in [5, 5.41) is 0. The first-order valence-corrected chi connectivity index (χ1v) is 8.69. The van der Waals surface area contributed by atoms with Crippen molar-refractivity contribution >= 4 is 11.9 Å². The number of amides is 1. The maximum Gasteiger partial charge on any atom is 0.307 e. The van der Waals surface area contributed by atoms with Gasteiger partial charge in [-0.25, -0.2) is 0 Å². The lowest BCUT2D eigenvalue weighted by Crippen LogP contribution is -2.34. The van der Waals surface area contributed by atoms with E-state index in [9.17, 15) is 9.59 Å². The van der Waals surface area contributed by atoms with Gasteiger partial charge in [-0.1, -0.05) is 13.0 Å². The fourth-order valence-corrected chi connectivity index (χ4v) is 2.54. The molecule has 140 valence electrons. The minimum absolute atomic E-state index is 0.0425. The molecule has 6 heteroatoms. The fourth-order valence-electron chi connectivity index (χ4n) is 2.54. The van der Waals surface area contributed by atoms with Gasteiger partial charge in [-0.15, -0.1) is 0 Å². The Labute approximate surface area is 150 Å². The van der Waals surface area contributed by atoms with Crippen molar-refractivity contribution in [1.82, 2.24) is 4.90 Å². The molecule has 0 aliphatic heterocycles. The minimum Gasteiger partial charge on any atom is -0.493 e. The van der Waals surface area contributed by atoms with E-state index >= 15 is 0 Å². The molecular weight excluding hydrogens is 322 g/mol. The second-order valence-corrected chi connectivity index (χ2v) is 5.63. The first kappa shape index (κ1) is 20.8. The van der Waals surface area contributed by atoms with Gasteiger partial charge in [0, 0.05) is 19.5 Å². The largest absolute Gasteiger partial charge is 0.493 e. The van der Waals surface area contributed by atoms with Crippen molar-refractivity contribution < 1.29 is 23.8 Å². The van der Waals surface area contributed by atoms with Crippen LogP contribution in [0.1, 0.15) is 38.7 Å². The van der Waals surface area contributed by atoms with Crippen LogP contribution < -0.4 is 9.47 Å². The fraction of sp³-hybridized carbons (Fsp3) is 0.579. The van der Waals surface area contributed by atoms with Gasteiger partial charge >= 0.3 is 5.97 Å². The average Bonchev–Trinajstić information content (AvgIpc) is 2.63. The number of aryl methyl sites for hydroxylation is 1.